The normalized spacial score (nSPS) is 9.95. The van der Waals surface area contributed by atoms with E-state index in [4.69, 9.17) is 4.74 Å². The van der Waals surface area contributed by atoms with Gasteiger partial charge in [-0.05, 0) is 29.8 Å². The van der Waals surface area contributed by atoms with Crippen LogP contribution in [0.4, 0.5) is 0 Å². The molecule has 2 rings (SSSR count). The van der Waals surface area contributed by atoms with Crippen molar-refractivity contribution in [3.8, 4) is 5.75 Å². The van der Waals surface area contributed by atoms with Crippen molar-refractivity contribution in [1.29, 1.82) is 0 Å². The van der Waals surface area contributed by atoms with Crippen LogP contribution in [0, 0.1) is 0 Å². The van der Waals surface area contributed by atoms with Crippen molar-refractivity contribution in [2.24, 2.45) is 0 Å². The molecule has 4 nitrogen and oxygen atoms in total. The average molecular weight is 347 g/mol. The molecule has 0 fully saturated rings. The molecule has 21 heavy (non-hydrogen) atoms. The monoisotopic (exact) mass is 346 g/mol. The highest BCUT2D eigenvalue weighted by Crippen LogP contribution is 2.21. The molecule has 2 aromatic rings. The molecule has 2 aromatic carbocycles. The third-order valence-corrected chi connectivity index (χ3v) is 3.48. The topological polar surface area (TPSA) is 60.4 Å². The number of benzene rings is 2. The van der Waals surface area contributed by atoms with E-state index in [2.05, 4.69) is 15.9 Å². The number of carbonyl (C=O) groups is 3. The number of rotatable bonds is 5. The zero-order valence-electron chi connectivity index (χ0n) is 10.9. The van der Waals surface area contributed by atoms with Crippen LogP contribution >= 0.6 is 15.9 Å². The first-order valence-corrected chi connectivity index (χ1v) is 7.22. The minimum absolute atomic E-state index is 0.130. The fourth-order valence-corrected chi connectivity index (χ4v) is 2.31. The molecule has 0 aromatic heterocycles. The van der Waals surface area contributed by atoms with Gasteiger partial charge in [0.25, 0.3) is 0 Å². The minimum atomic E-state index is -0.549. The Labute approximate surface area is 129 Å². The lowest BCUT2D eigenvalue weighted by molar-refractivity contribution is 0.0732. The minimum Gasteiger partial charge on any atom is -0.422 e. The number of ether oxygens (including phenoxy) is 1. The Kier molecular flexibility index (Phi) is 5.00. The number of halogens is 1. The van der Waals surface area contributed by atoms with E-state index in [0.717, 1.165) is 5.56 Å². The lowest BCUT2D eigenvalue weighted by Gasteiger charge is -2.09. The maximum absolute atomic E-state index is 12.2. The summed E-state index contributed by atoms with van der Waals surface area (Å²) in [6.07, 6.45) is 1.17. The van der Waals surface area contributed by atoms with Gasteiger partial charge in [0.15, 0.2) is 6.29 Å². The summed E-state index contributed by atoms with van der Waals surface area (Å²) < 4.78 is 5.26. The van der Waals surface area contributed by atoms with Crippen LogP contribution in [0.1, 0.15) is 36.6 Å². The summed E-state index contributed by atoms with van der Waals surface area (Å²) in [5.41, 5.74) is 1.72. The van der Waals surface area contributed by atoms with Crippen LogP contribution in [0.5, 0.6) is 5.75 Å². The second-order valence-electron chi connectivity index (χ2n) is 4.21. The molecule has 0 spiro atoms. The fourth-order valence-electron chi connectivity index (χ4n) is 1.82. The fraction of sp³-hybridized carbons (Fsp3) is 0.0625. The van der Waals surface area contributed by atoms with Gasteiger partial charge in [-0.1, -0.05) is 34.1 Å². The summed E-state index contributed by atoms with van der Waals surface area (Å²) in [4.78, 5) is 33.9. The Balaban J connectivity index is 2.31. The largest absolute Gasteiger partial charge is 0.422 e. The molecule has 0 aliphatic heterocycles. The van der Waals surface area contributed by atoms with Crippen molar-refractivity contribution >= 4 is 34.5 Å². The van der Waals surface area contributed by atoms with Gasteiger partial charge in [-0.2, -0.15) is 0 Å². The maximum Gasteiger partial charge on any atom is 0.343 e. The Morgan fingerprint density at radius 1 is 1.10 bits per heavy atom. The molecule has 0 aliphatic rings. The van der Waals surface area contributed by atoms with Crippen LogP contribution in [0.25, 0.3) is 0 Å². The number of hydrogen-bond donors (Lipinski definition) is 0. The van der Waals surface area contributed by atoms with Gasteiger partial charge in [-0.25, -0.2) is 4.79 Å². The Morgan fingerprint density at radius 3 is 2.52 bits per heavy atom. The van der Waals surface area contributed by atoms with Crippen LogP contribution in [-0.2, 0) is 5.33 Å². The molecule has 0 bridgehead atoms. The summed E-state index contributed by atoms with van der Waals surface area (Å²) in [6.45, 7) is 0. The zero-order valence-corrected chi connectivity index (χ0v) is 12.5. The third kappa shape index (κ3) is 3.44. The van der Waals surface area contributed by atoms with Gasteiger partial charge in [-0.15, -0.1) is 0 Å². The van der Waals surface area contributed by atoms with Crippen LogP contribution in [0.2, 0.25) is 0 Å². The third-order valence-electron chi connectivity index (χ3n) is 2.88. The van der Waals surface area contributed by atoms with E-state index in [0.29, 0.717) is 29.0 Å². The van der Waals surface area contributed by atoms with Crippen molar-refractivity contribution in [1.82, 2.24) is 0 Å². The van der Waals surface area contributed by atoms with Crippen molar-refractivity contribution in [2.45, 2.75) is 5.33 Å². The van der Waals surface area contributed by atoms with Crippen LogP contribution in [0.15, 0.2) is 42.5 Å². The van der Waals surface area contributed by atoms with Crippen LogP contribution in [0.3, 0.4) is 0 Å². The molecule has 0 aliphatic carbocycles. The van der Waals surface area contributed by atoms with E-state index in [9.17, 15) is 14.4 Å². The SMILES string of the molecule is O=Cc1ccc(OC(=O)c2ccccc2CBr)c(C=O)c1. The molecule has 0 unspecified atom stereocenters. The lowest BCUT2D eigenvalue weighted by Crippen LogP contribution is -2.12. The van der Waals surface area contributed by atoms with E-state index < -0.39 is 5.97 Å². The first-order chi connectivity index (χ1) is 10.2. The predicted molar refractivity (Wildman–Crippen MR) is 81.2 cm³/mol. The molecule has 5 heteroatoms. The van der Waals surface area contributed by atoms with Gasteiger partial charge in [-0.3, -0.25) is 9.59 Å². The van der Waals surface area contributed by atoms with Crippen molar-refractivity contribution in [2.75, 3.05) is 0 Å². The summed E-state index contributed by atoms with van der Waals surface area (Å²) in [6, 6.07) is 11.3. The highest BCUT2D eigenvalue weighted by molar-refractivity contribution is 9.08. The van der Waals surface area contributed by atoms with Crippen LogP contribution in [-0.4, -0.2) is 18.5 Å². The average Bonchev–Trinajstić information content (AvgIpc) is 2.55. The molecule has 0 saturated carbocycles. The van der Waals surface area contributed by atoms with Crippen molar-refractivity contribution < 1.29 is 19.1 Å². The number of esters is 1. The van der Waals surface area contributed by atoms with E-state index in [1.54, 1.807) is 12.1 Å². The maximum atomic E-state index is 12.2. The molecular weight excluding hydrogens is 336 g/mol. The number of aldehydes is 2. The molecule has 0 saturated heterocycles. The van der Waals surface area contributed by atoms with Gasteiger partial charge in [0.2, 0.25) is 0 Å². The quantitative estimate of drug-likeness (QED) is 0.360. The second-order valence-corrected chi connectivity index (χ2v) is 4.77. The summed E-state index contributed by atoms with van der Waals surface area (Å²) in [5, 5.41) is 0.517. The van der Waals surface area contributed by atoms with Gasteiger partial charge in [0, 0.05) is 10.9 Å². The van der Waals surface area contributed by atoms with Gasteiger partial charge >= 0.3 is 5.97 Å². The summed E-state index contributed by atoms with van der Waals surface area (Å²) in [7, 11) is 0. The van der Waals surface area contributed by atoms with E-state index in [-0.39, 0.29) is 11.3 Å². The Hall–Kier alpha value is -2.27. The molecule has 0 atom stereocenters. The van der Waals surface area contributed by atoms with Crippen molar-refractivity contribution in [3.63, 3.8) is 0 Å². The summed E-state index contributed by atoms with van der Waals surface area (Å²) in [5.74, 6) is -0.419. The van der Waals surface area contributed by atoms with E-state index in [1.807, 2.05) is 12.1 Å². The molecule has 0 heterocycles. The first-order valence-electron chi connectivity index (χ1n) is 6.10. The first kappa shape index (κ1) is 15.1. The second kappa shape index (κ2) is 6.95. The molecule has 0 N–H and O–H groups in total. The number of carbonyl (C=O) groups excluding carboxylic acids is 3. The number of alkyl halides is 1. The highest BCUT2D eigenvalue weighted by Gasteiger charge is 2.15. The van der Waals surface area contributed by atoms with Crippen LogP contribution < -0.4 is 4.74 Å². The van der Waals surface area contributed by atoms with Gasteiger partial charge in [0.05, 0.1) is 11.1 Å². The molecule has 0 radical (unpaired) electrons. The lowest BCUT2D eigenvalue weighted by atomic mass is 10.1. The van der Waals surface area contributed by atoms with E-state index >= 15 is 0 Å². The highest BCUT2D eigenvalue weighted by atomic mass is 79.9. The smallest absolute Gasteiger partial charge is 0.343 e. The predicted octanol–water partition coefficient (Wildman–Crippen LogP) is 3.43. The summed E-state index contributed by atoms with van der Waals surface area (Å²) >= 11 is 3.31. The van der Waals surface area contributed by atoms with E-state index in [1.165, 1.54) is 18.2 Å². The molecule has 106 valence electrons. The zero-order chi connectivity index (χ0) is 15.2. The Bertz CT molecular complexity index is 694. The van der Waals surface area contributed by atoms with Gasteiger partial charge < -0.3 is 4.74 Å². The standard InChI is InChI=1S/C16H11BrO4/c17-8-12-3-1-2-4-14(12)16(20)21-15-6-5-11(9-18)7-13(15)10-19/h1-7,9-10H,8H2. The van der Waals surface area contributed by atoms with Gasteiger partial charge in [0.1, 0.15) is 12.0 Å². The Morgan fingerprint density at radius 2 is 1.86 bits per heavy atom. The number of hydrogen-bond acceptors (Lipinski definition) is 4. The molecule has 0 amide bonds. The van der Waals surface area contributed by atoms with Crippen molar-refractivity contribution in [3.05, 3.63) is 64.7 Å². The molecular formula is C16H11BrO4.